The van der Waals surface area contributed by atoms with Crippen molar-refractivity contribution in [2.45, 2.75) is 38.2 Å². The zero-order valence-corrected chi connectivity index (χ0v) is 17.3. The molecule has 1 aliphatic heterocycles. The van der Waals surface area contributed by atoms with Gasteiger partial charge in [-0.15, -0.1) is 11.3 Å². The fraction of sp³-hybridized carbons (Fsp3) is 0.381. The second-order valence-electron chi connectivity index (χ2n) is 7.16. The second-order valence-corrected chi connectivity index (χ2v) is 8.15. The van der Waals surface area contributed by atoms with E-state index in [-0.39, 0.29) is 0 Å². The number of ether oxygens (including phenoxy) is 1. The molecule has 1 saturated carbocycles. The maximum Gasteiger partial charge on any atom is 0.414 e. The summed E-state index contributed by atoms with van der Waals surface area (Å²) in [5.74, 6) is 4.22. The van der Waals surface area contributed by atoms with Crippen LogP contribution in [0.1, 0.15) is 41.7 Å². The maximum absolute atomic E-state index is 9.10. The van der Waals surface area contributed by atoms with E-state index >= 15 is 0 Å². The van der Waals surface area contributed by atoms with Crippen LogP contribution in [0.4, 0.5) is 0 Å². The number of hydrogen-bond acceptors (Lipinski definition) is 7. The first-order valence-corrected chi connectivity index (χ1v) is 10.7. The minimum absolute atomic E-state index is 0.429. The van der Waals surface area contributed by atoms with Gasteiger partial charge in [0.05, 0.1) is 19.2 Å². The third-order valence-corrected chi connectivity index (χ3v) is 5.80. The summed E-state index contributed by atoms with van der Waals surface area (Å²) in [5, 5.41) is 18.6. The number of hydrogen-bond donors (Lipinski definition) is 3. The molecule has 2 aromatic rings. The molecule has 0 spiro atoms. The molecule has 4 N–H and O–H groups in total. The minimum atomic E-state index is -1.82. The van der Waals surface area contributed by atoms with Crippen molar-refractivity contribution in [3.05, 3.63) is 51.7 Å². The number of carboxylic acids is 2. The third kappa shape index (κ3) is 6.04. The number of nitrogens with zero attached hydrogens (tertiary/aromatic N) is 2. The number of aliphatic imine (C=N–C) groups is 1. The summed E-state index contributed by atoms with van der Waals surface area (Å²) in [6.45, 7) is 1.59. The lowest BCUT2D eigenvalue weighted by Gasteiger charge is -2.13. The minimum Gasteiger partial charge on any atom is -0.490 e. The Labute approximate surface area is 178 Å². The van der Waals surface area contributed by atoms with Crippen molar-refractivity contribution < 1.29 is 24.5 Å². The van der Waals surface area contributed by atoms with Gasteiger partial charge < -0.3 is 14.9 Å². The molecule has 1 fully saturated rings. The average molecular weight is 432 g/mol. The molecule has 2 heterocycles. The largest absolute Gasteiger partial charge is 0.490 e. The molecule has 160 valence electrons. The summed E-state index contributed by atoms with van der Waals surface area (Å²) < 4.78 is 6.07. The van der Waals surface area contributed by atoms with Crippen molar-refractivity contribution >= 4 is 29.1 Å². The highest BCUT2D eigenvalue weighted by Crippen LogP contribution is 2.29. The van der Waals surface area contributed by atoms with Crippen molar-refractivity contribution in [1.82, 2.24) is 5.01 Å². The highest BCUT2D eigenvalue weighted by molar-refractivity contribution is 7.10. The summed E-state index contributed by atoms with van der Waals surface area (Å²) >= 11 is 1.78. The summed E-state index contributed by atoms with van der Waals surface area (Å²) in [5.41, 5.74) is 2.39. The first kappa shape index (κ1) is 21.8. The fourth-order valence-electron chi connectivity index (χ4n) is 3.40. The van der Waals surface area contributed by atoms with Crippen LogP contribution in [0.3, 0.4) is 0 Å². The molecule has 1 aromatic carbocycles. The monoisotopic (exact) mass is 431 g/mol. The van der Waals surface area contributed by atoms with Crippen LogP contribution in [0.15, 0.2) is 40.7 Å². The summed E-state index contributed by atoms with van der Waals surface area (Å²) in [6.07, 6.45) is 6.39. The number of carbonyl (C=O) groups is 2. The van der Waals surface area contributed by atoms with Crippen LogP contribution in [0.5, 0.6) is 5.75 Å². The highest BCUT2D eigenvalue weighted by atomic mass is 32.1. The van der Waals surface area contributed by atoms with E-state index in [1.54, 1.807) is 16.3 Å². The van der Waals surface area contributed by atoms with Crippen molar-refractivity contribution in [3.8, 4) is 5.75 Å². The molecule has 0 saturated heterocycles. The highest BCUT2D eigenvalue weighted by Gasteiger charge is 2.17. The van der Waals surface area contributed by atoms with Gasteiger partial charge in [-0.25, -0.2) is 15.4 Å². The molecule has 2 aliphatic rings. The van der Waals surface area contributed by atoms with E-state index in [1.165, 1.54) is 36.1 Å². The van der Waals surface area contributed by atoms with E-state index in [4.69, 9.17) is 30.4 Å². The van der Waals surface area contributed by atoms with Gasteiger partial charge in [0.1, 0.15) is 11.6 Å². The van der Waals surface area contributed by atoms with Crippen molar-refractivity contribution in [1.29, 1.82) is 0 Å². The Balaban J connectivity index is 0.000000377. The standard InChI is InChI=1S/C19H23N3OS.C2H2O4/c20-22-10-9-21-19(22)15-7-5-14(6-8-15)11-18-12-17(13-24-18)23-16-3-1-2-4-16;3-1(4)2(5)6/h5-8,12-13,16H,1-4,9-11,20H2;(H,3,4)(H,5,6). The summed E-state index contributed by atoms with van der Waals surface area (Å²) in [6, 6.07) is 10.8. The van der Waals surface area contributed by atoms with E-state index in [2.05, 4.69) is 40.7 Å². The number of nitrogens with two attached hydrogens (primary N) is 1. The van der Waals surface area contributed by atoms with Crippen molar-refractivity contribution in [3.63, 3.8) is 0 Å². The molecule has 0 radical (unpaired) electrons. The Morgan fingerprint density at radius 1 is 1.17 bits per heavy atom. The smallest absolute Gasteiger partial charge is 0.414 e. The molecular weight excluding hydrogens is 406 g/mol. The first-order valence-electron chi connectivity index (χ1n) is 9.78. The number of rotatable bonds is 5. The van der Waals surface area contributed by atoms with Gasteiger partial charge in [-0.2, -0.15) is 0 Å². The number of aliphatic carboxylic acids is 2. The van der Waals surface area contributed by atoms with E-state index < -0.39 is 11.9 Å². The topological polar surface area (TPSA) is 125 Å². The van der Waals surface area contributed by atoms with Crippen molar-refractivity contribution in [2.24, 2.45) is 10.8 Å². The van der Waals surface area contributed by atoms with Crippen LogP contribution in [0.2, 0.25) is 0 Å². The van der Waals surface area contributed by atoms with Gasteiger partial charge in [0.25, 0.3) is 0 Å². The predicted octanol–water partition coefficient (Wildman–Crippen LogP) is 2.75. The Kier molecular flexibility index (Phi) is 7.42. The lowest BCUT2D eigenvalue weighted by atomic mass is 10.1. The zero-order valence-electron chi connectivity index (χ0n) is 16.5. The lowest BCUT2D eigenvalue weighted by molar-refractivity contribution is -0.159. The quantitative estimate of drug-likeness (QED) is 0.491. The molecule has 0 bridgehead atoms. The van der Waals surface area contributed by atoms with Crippen LogP contribution < -0.4 is 10.6 Å². The van der Waals surface area contributed by atoms with Gasteiger partial charge in [0.15, 0.2) is 0 Å². The molecule has 1 aromatic heterocycles. The zero-order chi connectivity index (χ0) is 21.5. The molecule has 0 unspecified atom stereocenters. The van der Waals surface area contributed by atoms with Crippen LogP contribution >= 0.6 is 11.3 Å². The molecule has 9 heteroatoms. The van der Waals surface area contributed by atoms with Gasteiger partial charge in [0, 0.05) is 22.2 Å². The molecule has 8 nitrogen and oxygen atoms in total. The Hall–Kier alpha value is -2.91. The van der Waals surface area contributed by atoms with Crippen LogP contribution in [-0.2, 0) is 16.0 Å². The fourth-order valence-corrected chi connectivity index (χ4v) is 4.23. The lowest BCUT2D eigenvalue weighted by Crippen LogP contribution is -2.34. The first-order chi connectivity index (χ1) is 14.4. The van der Waals surface area contributed by atoms with E-state index in [0.717, 1.165) is 36.7 Å². The normalized spacial score (nSPS) is 16.0. The van der Waals surface area contributed by atoms with Crippen molar-refractivity contribution in [2.75, 3.05) is 13.1 Å². The van der Waals surface area contributed by atoms with E-state index in [9.17, 15) is 0 Å². The van der Waals surface area contributed by atoms with Crippen LogP contribution in [0.25, 0.3) is 0 Å². The van der Waals surface area contributed by atoms with Gasteiger partial charge >= 0.3 is 11.9 Å². The summed E-state index contributed by atoms with van der Waals surface area (Å²) in [4.78, 5) is 24.0. The number of thiophene rings is 1. The Bertz CT molecular complexity index is 892. The second kappa shape index (κ2) is 10.2. The Morgan fingerprint density at radius 2 is 1.83 bits per heavy atom. The van der Waals surface area contributed by atoms with Gasteiger partial charge in [-0.1, -0.05) is 24.3 Å². The molecule has 0 amide bonds. The molecule has 4 rings (SSSR count). The summed E-state index contributed by atoms with van der Waals surface area (Å²) in [7, 11) is 0. The van der Waals surface area contributed by atoms with Crippen LogP contribution in [0, 0.1) is 0 Å². The number of benzene rings is 1. The SMILES string of the molecule is NN1CCN=C1c1ccc(Cc2cc(OC3CCCC3)cs2)cc1.O=C(O)C(=O)O. The van der Waals surface area contributed by atoms with Gasteiger partial charge in [0.2, 0.25) is 0 Å². The Morgan fingerprint density at radius 3 is 2.40 bits per heavy atom. The third-order valence-electron chi connectivity index (χ3n) is 4.88. The average Bonchev–Trinajstić information content (AvgIpc) is 3.47. The van der Waals surface area contributed by atoms with Crippen LogP contribution in [-0.4, -0.2) is 52.2 Å². The number of amidine groups is 1. The van der Waals surface area contributed by atoms with E-state index in [1.807, 2.05) is 0 Å². The molecule has 1 aliphatic carbocycles. The molecule has 30 heavy (non-hydrogen) atoms. The molecular formula is C21H25N3O5S. The maximum atomic E-state index is 9.10. The molecule has 0 atom stereocenters. The number of carboxylic acid groups (broad SMARTS) is 2. The van der Waals surface area contributed by atoms with E-state index in [0.29, 0.717) is 6.10 Å². The predicted molar refractivity (Wildman–Crippen MR) is 114 cm³/mol. The van der Waals surface area contributed by atoms with Gasteiger partial charge in [-0.05, 0) is 37.3 Å². The number of hydrazine groups is 1. The van der Waals surface area contributed by atoms with Gasteiger partial charge in [-0.3, -0.25) is 10.0 Å².